The van der Waals surface area contributed by atoms with Crippen LogP contribution < -0.4 is 5.19 Å². The van der Waals surface area contributed by atoms with Gasteiger partial charge in [-0.05, 0) is 6.07 Å². The normalized spacial score (nSPS) is 14.8. The Morgan fingerprint density at radius 1 is 1.18 bits per heavy atom. The van der Waals surface area contributed by atoms with Crippen molar-refractivity contribution in [2.24, 2.45) is 0 Å². The maximum absolute atomic E-state index is 13.3. The van der Waals surface area contributed by atoms with E-state index in [9.17, 15) is 17.6 Å². The average molecular weight is 266 g/mol. The van der Waals surface area contributed by atoms with E-state index in [1.807, 2.05) is 19.6 Å². The number of hydrogen-bond donors (Lipinski definition) is 1. The standard InChI is InChI=1S/C11H14F4OSi/c1-17(2,3)7-4-5-9(12)8(6-7)10(16)11(13,14)15/h4-6,10,16H,1-3H3. The molecule has 0 heterocycles. The van der Waals surface area contributed by atoms with E-state index in [4.69, 9.17) is 5.11 Å². The van der Waals surface area contributed by atoms with Gasteiger partial charge in [0.25, 0.3) is 0 Å². The van der Waals surface area contributed by atoms with E-state index in [-0.39, 0.29) is 0 Å². The average Bonchev–Trinajstić information content (AvgIpc) is 2.14. The van der Waals surface area contributed by atoms with Crippen molar-refractivity contribution in [2.45, 2.75) is 31.9 Å². The van der Waals surface area contributed by atoms with E-state index < -0.39 is 31.7 Å². The predicted octanol–water partition coefficient (Wildman–Crippen LogP) is 2.97. The smallest absolute Gasteiger partial charge is 0.379 e. The molecule has 0 aliphatic rings. The number of aliphatic hydroxyl groups excluding tert-OH is 1. The molecule has 0 saturated carbocycles. The zero-order valence-corrected chi connectivity index (χ0v) is 10.8. The number of aliphatic hydroxyl groups is 1. The molecule has 0 amide bonds. The van der Waals surface area contributed by atoms with Crippen LogP contribution in [0, 0.1) is 5.82 Å². The highest BCUT2D eigenvalue weighted by atomic mass is 28.3. The Hall–Kier alpha value is -0.883. The van der Waals surface area contributed by atoms with Crippen LogP contribution in [0.5, 0.6) is 0 Å². The molecule has 0 radical (unpaired) electrons. The van der Waals surface area contributed by atoms with Crippen molar-refractivity contribution in [1.82, 2.24) is 0 Å². The molecule has 0 aliphatic carbocycles. The third kappa shape index (κ3) is 3.29. The molecule has 17 heavy (non-hydrogen) atoms. The number of halogens is 4. The zero-order chi connectivity index (χ0) is 13.4. The maximum Gasteiger partial charge on any atom is 0.418 e. The van der Waals surface area contributed by atoms with Gasteiger partial charge in [0.1, 0.15) is 5.82 Å². The van der Waals surface area contributed by atoms with Crippen molar-refractivity contribution >= 4 is 13.3 Å². The SMILES string of the molecule is C[Si](C)(C)c1ccc(F)c(C(O)C(F)(F)F)c1. The minimum atomic E-state index is -4.85. The molecule has 1 N–H and O–H groups in total. The zero-order valence-electron chi connectivity index (χ0n) is 9.77. The lowest BCUT2D eigenvalue weighted by atomic mass is 10.1. The summed E-state index contributed by atoms with van der Waals surface area (Å²) in [5.41, 5.74) is -0.697. The van der Waals surface area contributed by atoms with Crippen LogP contribution >= 0.6 is 0 Å². The van der Waals surface area contributed by atoms with Crippen LogP contribution in [-0.2, 0) is 0 Å². The molecule has 1 rings (SSSR count). The fourth-order valence-electron chi connectivity index (χ4n) is 1.40. The molecule has 0 saturated heterocycles. The summed E-state index contributed by atoms with van der Waals surface area (Å²) >= 11 is 0. The molecule has 1 atom stereocenters. The van der Waals surface area contributed by atoms with Crippen molar-refractivity contribution in [3.63, 3.8) is 0 Å². The Kier molecular flexibility index (Phi) is 3.68. The lowest BCUT2D eigenvalue weighted by Crippen LogP contribution is -2.38. The largest absolute Gasteiger partial charge is 0.418 e. The summed E-state index contributed by atoms with van der Waals surface area (Å²) in [7, 11) is -1.84. The number of benzene rings is 1. The Labute approximate surface area is 98.1 Å². The van der Waals surface area contributed by atoms with Crippen molar-refractivity contribution in [3.05, 3.63) is 29.6 Å². The van der Waals surface area contributed by atoms with Gasteiger partial charge in [-0.3, -0.25) is 0 Å². The first-order valence-corrected chi connectivity index (χ1v) is 8.58. The second-order valence-electron chi connectivity index (χ2n) is 4.93. The second kappa shape index (κ2) is 4.42. The number of rotatable bonds is 2. The van der Waals surface area contributed by atoms with Crippen LogP contribution in [0.4, 0.5) is 17.6 Å². The van der Waals surface area contributed by atoms with E-state index in [0.29, 0.717) is 5.19 Å². The summed E-state index contributed by atoms with van der Waals surface area (Å²) in [6, 6.07) is 3.59. The van der Waals surface area contributed by atoms with Crippen molar-refractivity contribution in [3.8, 4) is 0 Å². The van der Waals surface area contributed by atoms with Gasteiger partial charge in [0, 0.05) is 5.56 Å². The van der Waals surface area contributed by atoms with Gasteiger partial charge < -0.3 is 5.11 Å². The number of alkyl halides is 3. The molecule has 0 aromatic heterocycles. The van der Waals surface area contributed by atoms with Crippen molar-refractivity contribution < 1.29 is 22.7 Å². The van der Waals surface area contributed by atoms with Crippen LogP contribution in [0.3, 0.4) is 0 Å². The summed E-state index contributed by atoms with van der Waals surface area (Å²) < 4.78 is 50.3. The van der Waals surface area contributed by atoms with Gasteiger partial charge in [-0.25, -0.2) is 4.39 Å². The maximum atomic E-state index is 13.3. The molecule has 0 aliphatic heterocycles. The quantitative estimate of drug-likeness (QED) is 0.644. The van der Waals surface area contributed by atoms with Crippen LogP contribution in [0.2, 0.25) is 19.6 Å². The minimum Gasteiger partial charge on any atom is -0.379 e. The molecule has 0 bridgehead atoms. The third-order valence-electron chi connectivity index (χ3n) is 2.47. The van der Waals surface area contributed by atoms with E-state index in [1.165, 1.54) is 6.07 Å². The van der Waals surface area contributed by atoms with Gasteiger partial charge >= 0.3 is 6.18 Å². The van der Waals surface area contributed by atoms with E-state index >= 15 is 0 Å². The highest BCUT2D eigenvalue weighted by Crippen LogP contribution is 2.33. The Balaban J connectivity index is 3.25. The molecule has 6 heteroatoms. The molecular weight excluding hydrogens is 252 g/mol. The van der Waals surface area contributed by atoms with Crippen LogP contribution in [0.15, 0.2) is 18.2 Å². The van der Waals surface area contributed by atoms with Crippen LogP contribution in [0.1, 0.15) is 11.7 Å². The van der Waals surface area contributed by atoms with Gasteiger partial charge in [0.05, 0.1) is 8.07 Å². The Morgan fingerprint density at radius 3 is 2.12 bits per heavy atom. The first-order valence-electron chi connectivity index (χ1n) is 5.08. The van der Waals surface area contributed by atoms with Gasteiger partial charge in [0.2, 0.25) is 0 Å². The summed E-state index contributed by atoms with van der Waals surface area (Å²) in [5, 5.41) is 9.76. The molecule has 96 valence electrons. The third-order valence-corrected chi connectivity index (χ3v) is 4.51. The molecule has 1 unspecified atom stereocenters. The van der Waals surface area contributed by atoms with Gasteiger partial charge in [-0.2, -0.15) is 13.2 Å². The highest BCUT2D eigenvalue weighted by molar-refractivity contribution is 6.88. The molecule has 0 fully saturated rings. The van der Waals surface area contributed by atoms with E-state index in [1.54, 1.807) is 0 Å². The fourth-order valence-corrected chi connectivity index (χ4v) is 2.57. The topological polar surface area (TPSA) is 20.2 Å². The van der Waals surface area contributed by atoms with Crippen LogP contribution in [-0.4, -0.2) is 19.4 Å². The lowest BCUT2D eigenvalue weighted by molar-refractivity contribution is -0.207. The van der Waals surface area contributed by atoms with E-state index in [0.717, 1.165) is 12.1 Å². The molecular formula is C11H14F4OSi. The molecule has 0 spiro atoms. The Morgan fingerprint density at radius 2 is 1.71 bits per heavy atom. The molecule has 1 aromatic rings. The lowest BCUT2D eigenvalue weighted by Gasteiger charge is -2.21. The van der Waals surface area contributed by atoms with E-state index in [2.05, 4.69) is 0 Å². The monoisotopic (exact) mass is 266 g/mol. The summed E-state index contributed by atoms with van der Waals surface area (Å²) in [6.07, 6.45) is -7.61. The summed E-state index contributed by atoms with van der Waals surface area (Å²) in [5.74, 6) is -1.03. The van der Waals surface area contributed by atoms with Gasteiger partial charge in [0.15, 0.2) is 6.10 Å². The van der Waals surface area contributed by atoms with Gasteiger partial charge in [-0.1, -0.05) is 37.0 Å². The van der Waals surface area contributed by atoms with Gasteiger partial charge in [-0.15, -0.1) is 0 Å². The number of hydrogen-bond acceptors (Lipinski definition) is 1. The molecule has 1 aromatic carbocycles. The minimum absolute atomic E-state index is 0.678. The van der Waals surface area contributed by atoms with Crippen molar-refractivity contribution in [1.29, 1.82) is 0 Å². The Bertz CT molecular complexity index is 409. The summed E-state index contributed by atoms with van der Waals surface area (Å²) in [6.45, 7) is 5.80. The highest BCUT2D eigenvalue weighted by Gasteiger charge is 2.41. The fraction of sp³-hybridized carbons (Fsp3) is 0.455. The second-order valence-corrected chi connectivity index (χ2v) is 10.0. The first-order chi connectivity index (χ1) is 7.53. The van der Waals surface area contributed by atoms with Crippen molar-refractivity contribution in [2.75, 3.05) is 0 Å². The summed E-state index contributed by atoms with van der Waals surface area (Å²) in [4.78, 5) is 0. The first kappa shape index (κ1) is 14.2. The molecule has 1 nitrogen and oxygen atoms in total. The van der Waals surface area contributed by atoms with Crippen LogP contribution in [0.25, 0.3) is 0 Å². The predicted molar refractivity (Wildman–Crippen MR) is 60.4 cm³/mol.